The lowest BCUT2D eigenvalue weighted by atomic mass is 10.1. The van der Waals surface area contributed by atoms with Crippen LogP contribution in [-0.2, 0) is 4.74 Å². The number of anilines is 1. The van der Waals surface area contributed by atoms with E-state index in [-0.39, 0.29) is 23.2 Å². The number of rotatable bonds is 3. The summed E-state index contributed by atoms with van der Waals surface area (Å²) in [6, 6.07) is 0. The molecule has 4 atom stereocenters. The number of nitrogen functional groups attached to an aromatic ring is 1. The number of fused-ring (bicyclic) bond motifs is 1. The molecule has 2 aromatic rings. The van der Waals surface area contributed by atoms with Gasteiger partial charge in [0.15, 0.2) is 6.17 Å². The second-order valence-corrected chi connectivity index (χ2v) is 4.61. The van der Waals surface area contributed by atoms with Gasteiger partial charge in [0.1, 0.15) is 18.3 Å². The summed E-state index contributed by atoms with van der Waals surface area (Å²) in [4.78, 5) is 7.91. The summed E-state index contributed by atoms with van der Waals surface area (Å²) < 4.78 is 25.8. The highest BCUT2D eigenvalue weighted by atomic mass is 19.1. The molecular formula is C11H14FN5O4. The Labute approximate surface area is 118 Å². The van der Waals surface area contributed by atoms with Crippen molar-refractivity contribution in [2.45, 2.75) is 24.5 Å². The van der Waals surface area contributed by atoms with E-state index in [4.69, 9.17) is 20.3 Å². The highest BCUT2D eigenvalue weighted by Crippen LogP contribution is 2.36. The second-order valence-electron chi connectivity index (χ2n) is 4.61. The molecule has 0 radical (unpaired) electrons. The van der Waals surface area contributed by atoms with Crippen LogP contribution in [0.4, 0.5) is 10.3 Å². The number of halogens is 1. The van der Waals surface area contributed by atoms with E-state index in [1.807, 2.05) is 0 Å². The van der Waals surface area contributed by atoms with Crippen LogP contribution in [0.2, 0.25) is 0 Å². The molecule has 3 rings (SSSR count). The molecule has 114 valence electrons. The minimum Gasteiger partial charge on any atom is -0.478 e. The molecule has 0 saturated carbocycles. The van der Waals surface area contributed by atoms with Gasteiger partial charge in [0.05, 0.1) is 25.6 Å². The molecule has 1 aliphatic rings. The summed E-state index contributed by atoms with van der Waals surface area (Å²) in [6.45, 7) is -0.491. The zero-order valence-corrected chi connectivity index (χ0v) is 11.0. The third-order valence-electron chi connectivity index (χ3n) is 3.36. The lowest BCUT2D eigenvalue weighted by molar-refractivity contribution is -0.0241. The Kier molecular flexibility index (Phi) is 3.35. The van der Waals surface area contributed by atoms with E-state index in [0.29, 0.717) is 0 Å². The number of ether oxygens (including phenoxy) is 2. The van der Waals surface area contributed by atoms with Crippen LogP contribution in [0.3, 0.4) is 0 Å². The van der Waals surface area contributed by atoms with E-state index in [9.17, 15) is 9.50 Å². The van der Waals surface area contributed by atoms with Crippen LogP contribution >= 0.6 is 0 Å². The number of hydrogen-bond donors (Lipinski definition) is 3. The first-order valence-corrected chi connectivity index (χ1v) is 6.20. The van der Waals surface area contributed by atoms with Crippen LogP contribution < -0.4 is 10.5 Å². The van der Waals surface area contributed by atoms with Crippen molar-refractivity contribution in [2.24, 2.45) is 0 Å². The van der Waals surface area contributed by atoms with Crippen molar-refractivity contribution >= 4 is 11.6 Å². The van der Waals surface area contributed by atoms with E-state index in [2.05, 4.69) is 15.1 Å². The van der Waals surface area contributed by atoms with E-state index in [1.54, 1.807) is 0 Å². The van der Waals surface area contributed by atoms with Crippen LogP contribution in [0.15, 0.2) is 6.20 Å². The Morgan fingerprint density at radius 2 is 2.33 bits per heavy atom. The Morgan fingerprint density at radius 3 is 2.95 bits per heavy atom. The van der Waals surface area contributed by atoms with Gasteiger partial charge < -0.3 is 25.4 Å². The third-order valence-corrected chi connectivity index (χ3v) is 3.36. The zero-order chi connectivity index (χ0) is 15.1. The molecule has 1 fully saturated rings. The Bertz CT molecular complexity index is 665. The number of methoxy groups -OCH3 is 1. The predicted octanol–water partition coefficient (Wildman–Crippen LogP) is -1.15. The minimum atomic E-state index is -1.72. The standard InChI is InChI=1S/C11H14FN5O4/c1-20-10-9-14-2-4(17(9)16-11(13)15-10)8-6(12)7(19)5(3-18)21-8/h2,5-8,18-19H,3H2,1H3,(H2,13,16)/t5?,6-,7-,8+/m1/s1. The summed E-state index contributed by atoms with van der Waals surface area (Å²) in [5.74, 6) is 0.0627. The Hall–Kier alpha value is -2.04. The summed E-state index contributed by atoms with van der Waals surface area (Å²) >= 11 is 0. The normalized spacial score (nSPS) is 29.1. The van der Waals surface area contributed by atoms with Crippen molar-refractivity contribution < 1.29 is 24.1 Å². The monoisotopic (exact) mass is 299 g/mol. The largest absolute Gasteiger partial charge is 0.478 e. The zero-order valence-electron chi connectivity index (χ0n) is 11.0. The van der Waals surface area contributed by atoms with Crippen LogP contribution in [0.1, 0.15) is 11.8 Å². The molecule has 2 aromatic heterocycles. The number of nitrogens with zero attached hydrogens (tertiary/aromatic N) is 4. The van der Waals surface area contributed by atoms with Gasteiger partial charge in [-0.2, -0.15) is 4.98 Å². The first-order valence-electron chi connectivity index (χ1n) is 6.20. The number of aliphatic hydroxyl groups is 2. The van der Waals surface area contributed by atoms with Crippen LogP contribution in [-0.4, -0.2) is 61.9 Å². The van der Waals surface area contributed by atoms with Crippen molar-refractivity contribution in [3.8, 4) is 5.88 Å². The fourth-order valence-electron chi connectivity index (χ4n) is 2.33. The highest BCUT2D eigenvalue weighted by Gasteiger charge is 2.46. The summed E-state index contributed by atoms with van der Waals surface area (Å²) in [5, 5.41) is 22.7. The van der Waals surface area contributed by atoms with Gasteiger partial charge in [0.2, 0.25) is 11.6 Å². The van der Waals surface area contributed by atoms with Gasteiger partial charge in [-0.3, -0.25) is 0 Å². The third kappa shape index (κ3) is 2.07. The molecule has 0 spiro atoms. The quantitative estimate of drug-likeness (QED) is 0.648. The molecule has 1 aliphatic heterocycles. The summed E-state index contributed by atoms with van der Waals surface area (Å²) in [6.07, 6.45) is -3.92. The molecule has 0 bridgehead atoms. The van der Waals surface area contributed by atoms with E-state index >= 15 is 0 Å². The van der Waals surface area contributed by atoms with Gasteiger partial charge in [-0.25, -0.2) is 13.9 Å². The molecule has 1 unspecified atom stereocenters. The predicted molar refractivity (Wildman–Crippen MR) is 67.3 cm³/mol. The second kappa shape index (κ2) is 5.06. The van der Waals surface area contributed by atoms with Crippen molar-refractivity contribution in [1.82, 2.24) is 19.6 Å². The van der Waals surface area contributed by atoms with Crippen molar-refractivity contribution in [3.05, 3.63) is 11.9 Å². The van der Waals surface area contributed by atoms with Gasteiger partial charge in [-0.15, -0.1) is 5.10 Å². The maximum absolute atomic E-state index is 14.2. The van der Waals surface area contributed by atoms with Gasteiger partial charge in [-0.1, -0.05) is 0 Å². The molecule has 4 N–H and O–H groups in total. The molecule has 0 aromatic carbocycles. The van der Waals surface area contributed by atoms with Crippen molar-refractivity contribution in [1.29, 1.82) is 0 Å². The Balaban J connectivity index is 2.07. The van der Waals surface area contributed by atoms with Gasteiger partial charge in [0, 0.05) is 0 Å². The molecule has 10 heteroatoms. The van der Waals surface area contributed by atoms with Crippen LogP contribution in [0.25, 0.3) is 5.65 Å². The average molecular weight is 299 g/mol. The van der Waals surface area contributed by atoms with Gasteiger partial charge >= 0.3 is 0 Å². The van der Waals surface area contributed by atoms with E-state index in [0.717, 1.165) is 0 Å². The maximum atomic E-state index is 14.2. The Morgan fingerprint density at radius 1 is 1.57 bits per heavy atom. The fourth-order valence-corrected chi connectivity index (χ4v) is 2.33. The SMILES string of the molecule is COc1nc(N)nn2c([C@@H]3OC(CO)[C@@H](O)[C@H]3F)cnc12. The van der Waals surface area contributed by atoms with Gasteiger partial charge in [0.25, 0.3) is 5.88 Å². The molecule has 3 heterocycles. The molecule has 21 heavy (non-hydrogen) atoms. The van der Waals surface area contributed by atoms with Crippen molar-refractivity contribution in [2.75, 3.05) is 19.5 Å². The number of nitrogens with two attached hydrogens (primary N) is 1. The van der Waals surface area contributed by atoms with Gasteiger partial charge in [-0.05, 0) is 0 Å². The number of alkyl halides is 1. The molecule has 0 aliphatic carbocycles. The molecular weight excluding hydrogens is 285 g/mol. The lowest BCUT2D eigenvalue weighted by Gasteiger charge is -2.12. The number of imidazole rings is 1. The minimum absolute atomic E-state index is 0.0775. The molecule has 0 amide bonds. The smallest absolute Gasteiger partial charge is 0.262 e. The van der Waals surface area contributed by atoms with Crippen LogP contribution in [0.5, 0.6) is 5.88 Å². The van der Waals surface area contributed by atoms with E-state index in [1.165, 1.54) is 17.8 Å². The summed E-state index contributed by atoms with van der Waals surface area (Å²) in [7, 11) is 1.39. The first kappa shape index (κ1) is 13.9. The number of aliphatic hydroxyl groups excluding tert-OH is 2. The maximum Gasteiger partial charge on any atom is 0.262 e. The molecule has 1 saturated heterocycles. The first-order chi connectivity index (χ1) is 10.1. The van der Waals surface area contributed by atoms with Crippen LogP contribution in [0, 0.1) is 0 Å². The lowest BCUT2D eigenvalue weighted by Crippen LogP contribution is -2.30. The highest BCUT2D eigenvalue weighted by molar-refractivity contribution is 5.51. The summed E-state index contributed by atoms with van der Waals surface area (Å²) in [5.41, 5.74) is 6.07. The van der Waals surface area contributed by atoms with Crippen molar-refractivity contribution in [3.63, 3.8) is 0 Å². The number of aromatic nitrogens is 4. The topological polar surface area (TPSA) is 128 Å². The average Bonchev–Trinajstić information content (AvgIpc) is 3.01. The number of hydrogen-bond acceptors (Lipinski definition) is 8. The molecule has 9 nitrogen and oxygen atoms in total. The van der Waals surface area contributed by atoms with E-state index < -0.39 is 31.1 Å². The fraction of sp³-hybridized carbons (Fsp3) is 0.545.